The van der Waals surface area contributed by atoms with Crippen LogP contribution in [-0.2, 0) is 0 Å². The van der Waals surface area contributed by atoms with Gasteiger partial charge in [-0.15, -0.1) is 0 Å². The summed E-state index contributed by atoms with van der Waals surface area (Å²) < 4.78 is 5.19. The molecule has 2 aromatic heterocycles. The van der Waals surface area contributed by atoms with Crippen LogP contribution in [0.25, 0.3) is 6.08 Å². The van der Waals surface area contributed by atoms with E-state index in [2.05, 4.69) is 45.9 Å². The Morgan fingerprint density at radius 2 is 1.86 bits per heavy atom. The molecule has 0 amide bonds. The van der Waals surface area contributed by atoms with Gasteiger partial charge in [-0.3, -0.25) is 0 Å². The maximum absolute atomic E-state index is 5.19. The zero-order valence-corrected chi connectivity index (χ0v) is 12.9. The predicted octanol–water partition coefficient (Wildman–Crippen LogP) is 3.48. The van der Waals surface area contributed by atoms with Gasteiger partial charge < -0.3 is 4.74 Å². The van der Waals surface area contributed by atoms with Crippen LogP contribution in [0.2, 0.25) is 0 Å². The van der Waals surface area contributed by atoms with Crippen molar-refractivity contribution in [1.29, 1.82) is 0 Å². The molecule has 0 saturated carbocycles. The number of nitrogens with zero attached hydrogens (tertiary/aromatic N) is 3. The topological polar surface area (TPSA) is 47.9 Å². The molecule has 0 aromatic carbocycles. The van der Waals surface area contributed by atoms with Crippen LogP contribution in [0.1, 0.15) is 43.5 Å². The molecule has 0 fully saturated rings. The van der Waals surface area contributed by atoms with E-state index >= 15 is 0 Å². The lowest BCUT2D eigenvalue weighted by Gasteiger charge is -1.98. The molecule has 2 rings (SSSR count). The third-order valence-corrected chi connectivity index (χ3v) is 2.79. The minimum atomic E-state index is 0.370. The SMILES string of the molecule is CCCC=Cc1ccc(C#Cc2cnc(OCC)nc2)nc1. The molecule has 0 atom stereocenters. The Labute approximate surface area is 131 Å². The number of ether oxygens (including phenoxy) is 1. The number of rotatable bonds is 5. The zero-order chi connectivity index (χ0) is 15.6. The number of aromatic nitrogens is 3. The summed E-state index contributed by atoms with van der Waals surface area (Å²) in [5.41, 5.74) is 2.54. The van der Waals surface area contributed by atoms with Crippen molar-refractivity contribution in [2.75, 3.05) is 6.61 Å². The molecule has 0 radical (unpaired) electrons. The molecule has 0 saturated heterocycles. The fourth-order valence-electron chi connectivity index (χ4n) is 1.68. The Morgan fingerprint density at radius 3 is 2.50 bits per heavy atom. The van der Waals surface area contributed by atoms with Gasteiger partial charge in [-0.25, -0.2) is 15.0 Å². The smallest absolute Gasteiger partial charge is 0.316 e. The molecule has 112 valence electrons. The minimum absolute atomic E-state index is 0.370. The van der Waals surface area contributed by atoms with E-state index in [0.717, 1.165) is 29.7 Å². The third-order valence-electron chi connectivity index (χ3n) is 2.79. The van der Waals surface area contributed by atoms with E-state index in [9.17, 15) is 0 Å². The van der Waals surface area contributed by atoms with Crippen molar-refractivity contribution in [2.24, 2.45) is 0 Å². The van der Waals surface area contributed by atoms with Crippen molar-refractivity contribution in [2.45, 2.75) is 26.7 Å². The van der Waals surface area contributed by atoms with Crippen molar-refractivity contribution in [1.82, 2.24) is 15.0 Å². The lowest BCUT2D eigenvalue weighted by atomic mass is 10.2. The van der Waals surface area contributed by atoms with Crippen LogP contribution >= 0.6 is 0 Å². The van der Waals surface area contributed by atoms with Crippen molar-refractivity contribution >= 4 is 6.08 Å². The van der Waals surface area contributed by atoms with Gasteiger partial charge in [-0.05, 0) is 30.9 Å². The van der Waals surface area contributed by atoms with E-state index in [1.165, 1.54) is 0 Å². The van der Waals surface area contributed by atoms with E-state index in [-0.39, 0.29) is 0 Å². The summed E-state index contributed by atoms with van der Waals surface area (Å²) in [7, 11) is 0. The second-order valence-corrected chi connectivity index (χ2v) is 4.61. The number of hydrogen-bond acceptors (Lipinski definition) is 4. The highest BCUT2D eigenvalue weighted by atomic mass is 16.5. The molecule has 0 bridgehead atoms. The van der Waals surface area contributed by atoms with Crippen molar-refractivity contribution in [3.05, 3.63) is 53.6 Å². The van der Waals surface area contributed by atoms with Crippen LogP contribution < -0.4 is 4.74 Å². The Balaban J connectivity index is 2.01. The predicted molar refractivity (Wildman–Crippen MR) is 87.4 cm³/mol. The fourth-order valence-corrected chi connectivity index (χ4v) is 1.68. The standard InChI is InChI=1S/C18H19N3O/c1-3-5-6-7-15-8-10-17(19-12-15)11-9-16-13-20-18(21-14-16)22-4-2/h6-8,10,12-14H,3-5H2,1-2H3. The number of hydrogen-bond donors (Lipinski definition) is 0. The van der Waals surface area contributed by atoms with Gasteiger partial charge in [0.2, 0.25) is 0 Å². The van der Waals surface area contributed by atoms with E-state index in [4.69, 9.17) is 4.74 Å². The first-order valence-corrected chi connectivity index (χ1v) is 7.41. The highest BCUT2D eigenvalue weighted by molar-refractivity contribution is 5.49. The normalized spacial score (nSPS) is 10.3. The highest BCUT2D eigenvalue weighted by Crippen LogP contribution is 2.04. The first kappa shape index (κ1) is 15.7. The first-order chi connectivity index (χ1) is 10.8. The molecule has 4 heteroatoms. The maximum atomic E-state index is 5.19. The van der Waals surface area contributed by atoms with Crippen LogP contribution in [0.5, 0.6) is 6.01 Å². The molecule has 0 unspecified atom stereocenters. The van der Waals surface area contributed by atoms with E-state index in [0.29, 0.717) is 12.6 Å². The quantitative estimate of drug-likeness (QED) is 0.792. The Hall–Kier alpha value is -2.67. The van der Waals surface area contributed by atoms with Gasteiger partial charge in [-0.1, -0.05) is 37.5 Å². The van der Waals surface area contributed by atoms with Crippen LogP contribution in [0.4, 0.5) is 0 Å². The molecule has 0 spiro atoms. The Morgan fingerprint density at radius 1 is 1.05 bits per heavy atom. The monoisotopic (exact) mass is 293 g/mol. The zero-order valence-electron chi connectivity index (χ0n) is 12.9. The average molecular weight is 293 g/mol. The molecule has 4 nitrogen and oxygen atoms in total. The Bertz CT molecular complexity index is 664. The maximum Gasteiger partial charge on any atom is 0.316 e. The fraction of sp³-hybridized carbons (Fsp3) is 0.278. The largest absolute Gasteiger partial charge is 0.464 e. The number of unbranched alkanes of at least 4 members (excludes halogenated alkanes) is 1. The molecular weight excluding hydrogens is 274 g/mol. The van der Waals surface area contributed by atoms with Crippen LogP contribution in [0.15, 0.2) is 36.8 Å². The molecule has 22 heavy (non-hydrogen) atoms. The lowest BCUT2D eigenvalue weighted by Crippen LogP contribution is -1.96. The summed E-state index contributed by atoms with van der Waals surface area (Å²) in [6.45, 7) is 4.60. The molecule has 0 aliphatic carbocycles. The molecule has 2 heterocycles. The van der Waals surface area contributed by atoms with E-state index in [1.54, 1.807) is 12.4 Å². The van der Waals surface area contributed by atoms with Gasteiger partial charge in [0.15, 0.2) is 0 Å². The third kappa shape index (κ3) is 5.02. The summed E-state index contributed by atoms with van der Waals surface area (Å²) in [4.78, 5) is 12.5. The Kier molecular flexibility index (Phi) is 6.13. The van der Waals surface area contributed by atoms with Gasteiger partial charge in [0, 0.05) is 18.6 Å². The van der Waals surface area contributed by atoms with Gasteiger partial charge in [0.05, 0.1) is 12.2 Å². The van der Waals surface area contributed by atoms with Crippen LogP contribution in [0, 0.1) is 11.8 Å². The summed E-state index contributed by atoms with van der Waals surface area (Å²) in [5.74, 6) is 5.99. The van der Waals surface area contributed by atoms with Gasteiger partial charge in [0.1, 0.15) is 5.69 Å². The van der Waals surface area contributed by atoms with Crippen molar-refractivity contribution in [3.63, 3.8) is 0 Å². The molecule has 2 aromatic rings. The van der Waals surface area contributed by atoms with Gasteiger partial charge in [0.25, 0.3) is 0 Å². The number of allylic oxidation sites excluding steroid dienone is 1. The summed E-state index contributed by atoms with van der Waals surface area (Å²) in [5, 5.41) is 0. The molecular formula is C18H19N3O. The summed E-state index contributed by atoms with van der Waals surface area (Å²) >= 11 is 0. The van der Waals surface area contributed by atoms with E-state index in [1.807, 2.05) is 25.3 Å². The van der Waals surface area contributed by atoms with Crippen LogP contribution in [-0.4, -0.2) is 21.6 Å². The van der Waals surface area contributed by atoms with Gasteiger partial charge in [-0.2, -0.15) is 0 Å². The second-order valence-electron chi connectivity index (χ2n) is 4.61. The molecule has 0 aliphatic heterocycles. The van der Waals surface area contributed by atoms with Crippen molar-refractivity contribution < 1.29 is 4.74 Å². The van der Waals surface area contributed by atoms with E-state index < -0.39 is 0 Å². The molecule has 0 aliphatic rings. The van der Waals surface area contributed by atoms with Crippen LogP contribution in [0.3, 0.4) is 0 Å². The summed E-state index contributed by atoms with van der Waals surface area (Å²) in [6, 6.07) is 4.29. The first-order valence-electron chi connectivity index (χ1n) is 7.41. The number of pyridine rings is 1. The molecule has 0 N–H and O–H groups in total. The van der Waals surface area contributed by atoms with Gasteiger partial charge >= 0.3 is 6.01 Å². The minimum Gasteiger partial charge on any atom is -0.464 e. The highest BCUT2D eigenvalue weighted by Gasteiger charge is 1.95. The summed E-state index contributed by atoms with van der Waals surface area (Å²) in [6.07, 6.45) is 11.6. The lowest BCUT2D eigenvalue weighted by molar-refractivity contribution is 0.312. The van der Waals surface area contributed by atoms with Crippen molar-refractivity contribution in [3.8, 4) is 17.9 Å². The average Bonchev–Trinajstić information content (AvgIpc) is 2.56. The second kappa shape index (κ2) is 8.58.